The Bertz CT molecular complexity index is 643. The summed E-state index contributed by atoms with van der Waals surface area (Å²) in [4.78, 5) is 39.2. The lowest BCUT2D eigenvalue weighted by molar-refractivity contribution is -0.154. The summed E-state index contributed by atoms with van der Waals surface area (Å²) in [6, 6.07) is 9.45. The van der Waals surface area contributed by atoms with Crippen molar-refractivity contribution in [3.63, 3.8) is 0 Å². The fraction of sp³-hybridized carbons (Fsp3) is 0.609. The van der Waals surface area contributed by atoms with E-state index in [0.717, 1.165) is 24.8 Å². The molecule has 0 saturated carbocycles. The first-order valence-electron chi connectivity index (χ1n) is 10.7. The molecule has 1 aliphatic heterocycles. The standard InChI is InChI=1S/C23H33NO4/c1-3-5-6-7-8-9-13-16-20(25)24-17-19(18-14-11-10-12-15-18)21(22(24)26)23(27)28-4-2/h10-12,14-15,19,21H,3-9,13,16-17H2,1-2H3/t19-,21+/m1/s1. The van der Waals surface area contributed by atoms with Gasteiger partial charge >= 0.3 is 5.97 Å². The summed E-state index contributed by atoms with van der Waals surface area (Å²) in [5, 5.41) is 0. The van der Waals surface area contributed by atoms with Gasteiger partial charge in [0.05, 0.1) is 6.61 Å². The number of hydrogen-bond acceptors (Lipinski definition) is 4. The smallest absolute Gasteiger partial charge is 0.319 e. The molecule has 2 atom stereocenters. The highest BCUT2D eigenvalue weighted by molar-refractivity contribution is 6.07. The van der Waals surface area contributed by atoms with Crippen LogP contribution in [0.5, 0.6) is 0 Å². The van der Waals surface area contributed by atoms with Gasteiger partial charge < -0.3 is 4.74 Å². The summed E-state index contributed by atoms with van der Waals surface area (Å²) in [7, 11) is 0. The third-order valence-corrected chi connectivity index (χ3v) is 5.38. The van der Waals surface area contributed by atoms with Crippen molar-refractivity contribution in [2.24, 2.45) is 5.92 Å². The number of benzene rings is 1. The van der Waals surface area contributed by atoms with Gasteiger partial charge in [-0.3, -0.25) is 19.3 Å². The lowest BCUT2D eigenvalue weighted by Gasteiger charge is -2.15. The van der Waals surface area contributed by atoms with Crippen LogP contribution < -0.4 is 0 Å². The van der Waals surface area contributed by atoms with Crippen molar-refractivity contribution in [2.45, 2.75) is 71.1 Å². The lowest BCUT2D eigenvalue weighted by Crippen LogP contribution is -2.35. The number of ether oxygens (including phenoxy) is 1. The monoisotopic (exact) mass is 387 g/mol. The highest BCUT2D eigenvalue weighted by Crippen LogP contribution is 2.35. The Balaban J connectivity index is 1.96. The maximum Gasteiger partial charge on any atom is 0.319 e. The van der Waals surface area contributed by atoms with Crippen LogP contribution in [0.1, 0.15) is 76.7 Å². The predicted molar refractivity (Wildman–Crippen MR) is 109 cm³/mol. The Morgan fingerprint density at radius 2 is 1.64 bits per heavy atom. The molecule has 5 heteroatoms. The van der Waals surface area contributed by atoms with E-state index in [1.54, 1.807) is 6.92 Å². The van der Waals surface area contributed by atoms with Crippen LogP contribution in [0.25, 0.3) is 0 Å². The predicted octanol–water partition coefficient (Wildman–Crippen LogP) is 4.46. The van der Waals surface area contributed by atoms with Crippen LogP contribution in [0.2, 0.25) is 0 Å². The highest BCUT2D eigenvalue weighted by Gasteiger charge is 2.48. The van der Waals surface area contributed by atoms with Crippen molar-refractivity contribution in [2.75, 3.05) is 13.2 Å². The Morgan fingerprint density at radius 3 is 2.29 bits per heavy atom. The van der Waals surface area contributed by atoms with Crippen LogP contribution in [0.3, 0.4) is 0 Å². The molecule has 5 nitrogen and oxygen atoms in total. The molecular weight excluding hydrogens is 354 g/mol. The first-order chi connectivity index (χ1) is 13.6. The van der Waals surface area contributed by atoms with Crippen molar-refractivity contribution in [3.05, 3.63) is 35.9 Å². The molecule has 1 aromatic rings. The topological polar surface area (TPSA) is 63.7 Å². The maximum absolute atomic E-state index is 12.9. The molecule has 2 amide bonds. The van der Waals surface area contributed by atoms with Gasteiger partial charge in [-0.2, -0.15) is 0 Å². The van der Waals surface area contributed by atoms with Gasteiger partial charge in [-0.25, -0.2) is 0 Å². The van der Waals surface area contributed by atoms with E-state index in [0.29, 0.717) is 6.42 Å². The number of carbonyl (C=O) groups is 3. The SMILES string of the molecule is CCCCCCCCCC(=O)N1C[C@H](c2ccccc2)[C@H](C(=O)OCC)C1=O. The summed E-state index contributed by atoms with van der Waals surface area (Å²) < 4.78 is 5.12. The average molecular weight is 388 g/mol. The lowest BCUT2D eigenvalue weighted by atomic mass is 9.89. The van der Waals surface area contributed by atoms with Gasteiger partial charge in [-0.15, -0.1) is 0 Å². The summed E-state index contributed by atoms with van der Waals surface area (Å²) in [6.07, 6.45) is 8.20. The van der Waals surface area contributed by atoms with Gasteiger partial charge in [-0.05, 0) is 18.9 Å². The van der Waals surface area contributed by atoms with Gasteiger partial charge in [0, 0.05) is 18.9 Å². The minimum atomic E-state index is -0.930. The van der Waals surface area contributed by atoms with Crippen LogP contribution in [-0.4, -0.2) is 35.8 Å². The Hall–Kier alpha value is -2.17. The Labute approximate surface area is 168 Å². The van der Waals surface area contributed by atoms with Crippen LogP contribution >= 0.6 is 0 Å². The largest absolute Gasteiger partial charge is 0.465 e. The summed E-state index contributed by atoms with van der Waals surface area (Å²) >= 11 is 0. The summed E-state index contributed by atoms with van der Waals surface area (Å²) in [5.41, 5.74) is 0.889. The molecule has 0 radical (unpaired) electrons. The van der Waals surface area contributed by atoms with E-state index in [4.69, 9.17) is 4.74 Å². The van der Waals surface area contributed by atoms with Crippen LogP contribution in [0, 0.1) is 5.92 Å². The molecule has 0 unspecified atom stereocenters. The quantitative estimate of drug-likeness (QED) is 0.319. The third kappa shape index (κ3) is 5.91. The normalized spacial score (nSPS) is 19.1. The first kappa shape index (κ1) is 22.1. The fourth-order valence-corrected chi connectivity index (χ4v) is 3.82. The van der Waals surface area contributed by atoms with E-state index >= 15 is 0 Å². The molecule has 0 N–H and O–H groups in total. The van der Waals surface area contributed by atoms with E-state index in [1.807, 2.05) is 30.3 Å². The van der Waals surface area contributed by atoms with Gasteiger partial charge in [0.25, 0.3) is 0 Å². The maximum atomic E-state index is 12.9. The third-order valence-electron chi connectivity index (χ3n) is 5.38. The first-order valence-corrected chi connectivity index (χ1v) is 10.7. The zero-order valence-electron chi connectivity index (χ0n) is 17.2. The average Bonchev–Trinajstić information content (AvgIpc) is 3.05. The van der Waals surface area contributed by atoms with Gasteiger partial charge in [0.1, 0.15) is 5.92 Å². The molecule has 1 saturated heterocycles. The number of amides is 2. The molecule has 2 rings (SSSR count). The number of esters is 1. The number of carbonyl (C=O) groups excluding carboxylic acids is 3. The molecule has 0 aliphatic carbocycles. The molecule has 1 heterocycles. The van der Waals surface area contributed by atoms with Gasteiger partial charge in [0.2, 0.25) is 11.8 Å². The van der Waals surface area contributed by atoms with E-state index in [1.165, 1.54) is 30.6 Å². The van der Waals surface area contributed by atoms with Gasteiger partial charge in [-0.1, -0.05) is 75.8 Å². The van der Waals surface area contributed by atoms with Crippen molar-refractivity contribution >= 4 is 17.8 Å². The van der Waals surface area contributed by atoms with Crippen molar-refractivity contribution < 1.29 is 19.1 Å². The van der Waals surface area contributed by atoms with Crippen LogP contribution in [0.15, 0.2) is 30.3 Å². The minimum Gasteiger partial charge on any atom is -0.465 e. The Morgan fingerprint density at radius 1 is 1.00 bits per heavy atom. The molecular formula is C23H33NO4. The van der Waals surface area contributed by atoms with Crippen molar-refractivity contribution in [1.82, 2.24) is 4.90 Å². The molecule has 1 aliphatic rings. The number of hydrogen-bond donors (Lipinski definition) is 0. The minimum absolute atomic E-state index is 0.175. The second-order valence-electron chi connectivity index (χ2n) is 7.46. The number of rotatable bonds is 11. The zero-order chi connectivity index (χ0) is 20.4. The van der Waals surface area contributed by atoms with Crippen LogP contribution in [0.4, 0.5) is 0 Å². The summed E-state index contributed by atoms with van der Waals surface area (Å²) in [5.74, 6) is -2.40. The van der Waals surface area contributed by atoms with Gasteiger partial charge in [0.15, 0.2) is 0 Å². The molecule has 0 aromatic heterocycles. The molecule has 1 aromatic carbocycles. The van der Waals surface area contributed by atoms with E-state index < -0.39 is 17.8 Å². The molecule has 154 valence electrons. The van der Waals surface area contributed by atoms with Crippen LogP contribution in [-0.2, 0) is 19.1 Å². The van der Waals surface area contributed by atoms with Crippen molar-refractivity contribution in [3.8, 4) is 0 Å². The number of nitrogens with zero attached hydrogens (tertiary/aromatic N) is 1. The molecule has 0 bridgehead atoms. The number of likely N-dealkylation sites (tertiary alicyclic amines) is 1. The second-order valence-corrected chi connectivity index (χ2v) is 7.46. The summed E-state index contributed by atoms with van der Waals surface area (Å²) in [6.45, 7) is 4.38. The van der Waals surface area contributed by atoms with E-state index in [2.05, 4.69) is 6.92 Å². The van der Waals surface area contributed by atoms with E-state index in [9.17, 15) is 14.4 Å². The fourth-order valence-electron chi connectivity index (χ4n) is 3.82. The highest BCUT2D eigenvalue weighted by atomic mass is 16.5. The number of unbranched alkanes of at least 4 members (excludes halogenated alkanes) is 6. The second kappa shape index (κ2) is 11.6. The zero-order valence-corrected chi connectivity index (χ0v) is 17.2. The molecule has 0 spiro atoms. The van der Waals surface area contributed by atoms with E-state index in [-0.39, 0.29) is 25.0 Å². The van der Waals surface area contributed by atoms with Crippen molar-refractivity contribution in [1.29, 1.82) is 0 Å². The molecule has 28 heavy (non-hydrogen) atoms. The molecule has 1 fully saturated rings. The Kier molecular flexibility index (Phi) is 9.18. The number of imide groups is 1.